The number of para-hydroxylation sites is 1. The number of hydrogen-bond donors (Lipinski definition) is 0. The molecular formula is C15H16N2O2. The first-order valence-electron chi connectivity index (χ1n) is 6.50. The van der Waals surface area contributed by atoms with Gasteiger partial charge in [-0.2, -0.15) is 5.10 Å². The summed E-state index contributed by atoms with van der Waals surface area (Å²) in [5, 5.41) is 4.41. The number of ether oxygens (including phenoxy) is 1. The average Bonchev–Trinajstić information content (AvgIpc) is 2.80. The third kappa shape index (κ3) is 2.03. The molecule has 1 aromatic heterocycles. The number of aryl methyl sites for hydroxylation is 2. The van der Waals surface area contributed by atoms with Crippen LogP contribution in [0.4, 0.5) is 0 Å². The summed E-state index contributed by atoms with van der Waals surface area (Å²) in [6, 6.07) is 7.42. The molecule has 4 nitrogen and oxygen atoms in total. The number of ketones is 1. The SMILES string of the molecule is CCc1nn(C)cc1C1CC(=O)c2ccccc2O1. The minimum absolute atomic E-state index is 0.137. The van der Waals surface area contributed by atoms with E-state index in [0.29, 0.717) is 17.7 Å². The molecule has 0 radical (unpaired) electrons. The van der Waals surface area contributed by atoms with Gasteiger partial charge in [0.2, 0.25) is 0 Å². The molecule has 98 valence electrons. The molecule has 1 unspecified atom stereocenters. The summed E-state index contributed by atoms with van der Waals surface area (Å²) in [6.45, 7) is 2.06. The second-order valence-corrected chi connectivity index (χ2v) is 4.79. The van der Waals surface area contributed by atoms with Crippen LogP contribution >= 0.6 is 0 Å². The second kappa shape index (κ2) is 4.53. The molecule has 1 aromatic carbocycles. The number of benzene rings is 1. The van der Waals surface area contributed by atoms with Crippen LogP contribution in [0.5, 0.6) is 5.75 Å². The van der Waals surface area contributed by atoms with E-state index in [0.717, 1.165) is 17.7 Å². The van der Waals surface area contributed by atoms with Gasteiger partial charge in [-0.25, -0.2) is 0 Å². The molecule has 2 heterocycles. The molecular weight excluding hydrogens is 240 g/mol. The zero-order valence-corrected chi connectivity index (χ0v) is 11.1. The topological polar surface area (TPSA) is 44.1 Å². The molecule has 4 heteroatoms. The first kappa shape index (κ1) is 12.0. The van der Waals surface area contributed by atoms with Crippen LogP contribution in [0, 0.1) is 0 Å². The number of carbonyl (C=O) groups excluding carboxylic acids is 1. The Bertz CT molecular complexity index is 631. The molecule has 0 saturated carbocycles. The number of fused-ring (bicyclic) bond motifs is 1. The van der Waals surface area contributed by atoms with Crippen LogP contribution in [0.3, 0.4) is 0 Å². The molecule has 0 fully saturated rings. The summed E-state index contributed by atoms with van der Waals surface area (Å²) in [5.74, 6) is 0.812. The van der Waals surface area contributed by atoms with E-state index in [1.54, 1.807) is 4.68 Å². The van der Waals surface area contributed by atoms with Gasteiger partial charge in [0.1, 0.15) is 11.9 Å². The van der Waals surface area contributed by atoms with Gasteiger partial charge >= 0.3 is 0 Å². The van der Waals surface area contributed by atoms with Crippen LogP contribution in [-0.4, -0.2) is 15.6 Å². The minimum atomic E-state index is -0.217. The molecule has 2 aromatic rings. The fraction of sp³-hybridized carbons (Fsp3) is 0.333. The molecule has 0 bridgehead atoms. The molecule has 1 atom stereocenters. The van der Waals surface area contributed by atoms with Crippen molar-refractivity contribution < 1.29 is 9.53 Å². The summed E-state index contributed by atoms with van der Waals surface area (Å²) in [6.07, 6.45) is 2.96. The Labute approximate surface area is 112 Å². The lowest BCUT2D eigenvalue weighted by atomic mass is 9.96. The summed E-state index contributed by atoms with van der Waals surface area (Å²) in [4.78, 5) is 12.2. The van der Waals surface area contributed by atoms with Crippen LogP contribution < -0.4 is 4.74 Å². The van der Waals surface area contributed by atoms with Gasteiger partial charge in [-0.1, -0.05) is 19.1 Å². The lowest BCUT2D eigenvalue weighted by Crippen LogP contribution is -2.20. The van der Waals surface area contributed by atoms with E-state index in [2.05, 4.69) is 12.0 Å². The molecule has 0 N–H and O–H groups in total. The fourth-order valence-electron chi connectivity index (χ4n) is 2.54. The Morgan fingerprint density at radius 1 is 1.42 bits per heavy atom. The fourth-order valence-corrected chi connectivity index (χ4v) is 2.54. The van der Waals surface area contributed by atoms with Crippen molar-refractivity contribution in [1.29, 1.82) is 0 Å². The van der Waals surface area contributed by atoms with Crippen molar-refractivity contribution in [3.05, 3.63) is 47.3 Å². The normalized spacial score (nSPS) is 18.0. The quantitative estimate of drug-likeness (QED) is 0.829. The van der Waals surface area contributed by atoms with E-state index in [4.69, 9.17) is 4.74 Å². The number of hydrogen-bond acceptors (Lipinski definition) is 3. The molecule has 0 saturated heterocycles. The van der Waals surface area contributed by atoms with Gasteiger partial charge in [0.25, 0.3) is 0 Å². The maximum Gasteiger partial charge on any atom is 0.170 e. The first-order chi connectivity index (χ1) is 9.19. The Morgan fingerprint density at radius 2 is 2.21 bits per heavy atom. The van der Waals surface area contributed by atoms with Gasteiger partial charge in [0, 0.05) is 18.8 Å². The first-order valence-corrected chi connectivity index (χ1v) is 6.50. The molecule has 1 aliphatic rings. The van der Waals surface area contributed by atoms with Crippen LogP contribution in [0.25, 0.3) is 0 Å². The Balaban J connectivity index is 1.99. The van der Waals surface area contributed by atoms with E-state index in [-0.39, 0.29) is 11.9 Å². The van der Waals surface area contributed by atoms with Gasteiger partial charge in [0.15, 0.2) is 5.78 Å². The van der Waals surface area contributed by atoms with Crippen LogP contribution in [0.1, 0.15) is 41.1 Å². The van der Waals surface area contributed by atoms with Gasteiger partial charge in [0.05, 0.1) is 17.7 Å². The monoisotopic (exact) mass is 256 g/mol. The second-order valence-electron chi connectivity index (χ2n) is 4.79. The highest BCUT2D eigenvalue weighted by Crippen LogP contribution is 2.35. The van der Waals surface area contributed by atoms with E-state index in [1.165, 1.54) is 0 Å². The molecule has 3 rings (SSSR count). The van der Waals surface area contributed by atoms with E-state index < -0.39 is 0 Å². The summed E-state index contributed by atoms with van der Waals surface area (Å²) in [7, 11) is 1.89. The van der Waals surface area contributed by atoms with E-state index in [9.17, 15) is 4.79 Å². The van der Waals surface area contributed by atoms with Crippen molar-refractivity contribution in [2.24, 2.45) is 7.05 Å². The van der Waals surface area contributed by atoms with Crippen LogP contribution in [-0.2, 0) is 13.5 Å². The molecule has 1 aliphatic heterocycles. The number of rotatable bonds is 2. The smallest absolute Gasteiger partial charge is 0.170 e. The van der Waals surface area contributed by atoms with Gasteiger partial charge < -0.3 is 4.74 Å². The Kier molecular flexibility index (Phi) is 2.85. The predicted molar refractivity (Wildman–Crippen MR) is 71.3 cm³/mol. The summed E-state index contributed by atoms with van der Waals surface area (Å²) >= 11 is 0. The minimum Gasteiger partial charge on any atom is -0.484 e. The van der Waals surface area contributed by atoms with Crippen molar-refractivity contribution in [2.45, 2.75) is 25.9 Å². The Morgan fingerprint density at radius 3 is 3.00 bits per heavy atom. The van der Waals surface area contributed by atoms with Gasteiger partial charge in [-0.3, -0.25) is 9.48 Å². The van der Waals surface area contributed by atoms with Crippen molar-refractivity contribution in [2.75, 3.05) is 0 Å². The number of Topliss-reactive ketones (excluding diaryl/α,β-unsaturated/α-hetero) is 1. The van der Waals surface area contributed by atoms with Crippen molar-refractivity contribution in [3.8, 4) is 5.75 Å². The van der Waals surface area contributed by atoms with Gasteiger partial charge in [-0.15, -0.1) is 0 Å². The number of carbonyl (C=O) groups is 1. The predicted octanol–water partition coefficient (Wildman–Crippen LogP) is 2.69. The largest absolute Gasteiger partial charge is 0.484 e. The van der Waals surface area contributed by atoms with Gasteiger partial charge in [-0.05, 0) is 18.6 Å². The highest BCUT2D eigenvalue weighted by atomic mass is 16.5. The number of aromatic nitrogens is 2. The lowest BCUT2D eigenvalue weighted by Gasteiger charge is -2.25. The van der Waals surface area contributed by atoms with Crippen LogP contribution in [0.15, 0.2) is 30.5 Å². The highest BCUT2D eigenvalue weighted by Gasteiger charge is 2.29. The maximum atomic E-state index is 12.2. The van der Waals surface area contributed by atoms with Crippen molar-refractivity contribution in [3.63, 3.8) is 0 Å². The van der Waals surface area contributed by atoms with Crippen molar-refractivity contribution >= 4 is 5.78 Å². The standard InChI is InChI=1S/C15H16N2O2/c1-3-12-11(9-17(2)16-12)15-8-13(18)10-6-4-5-7-14(10)19-15/h4-7,9,15H,3,8H2,1-2H3. The van der Waals surface area contributed by atoms with E-state index in [1.807, 2.05) is 37.5 Å². The highest BCUT2D eigenvalue weighted by molar-refractivity contribution is 5.99. The third-order valence-electron chi connectivity index (χ3n) is 3.45. The third-order valence-corrected chi connectivity index (χ3v) is 3.45. The zero-order valence-electron chi connectivity index (χ0n) is 11.1. The zero-order chi connectivity index (χ0) is 13.4. The average molecular weight is 256 g/mol. The lowest BCUT2D eigenvalue weighted by molar-refractivity contribution is 0.0849. The number of nitrogens with zero attached hydrogens (tertiary/aromatic N) is 2. The maximum absolute atomic E-state index is 12.2. The summed E-state index contributed by atoms with van der Waals surface area (Å²) in [5.41, 5.74) is 2.70. The molecule has 0 spiro atoms. The molecule has 19 heavy (non-hydrogen) atoms. The Hall–Kier alpha value is -2.10. The van der Waals surface area contributed by atoms with Crippen molar-refractivity contribution in [1.82, 2.24) is 9.78 Å². The molecule has 0 amide bonds. The molecule has 0 aliphatic carbocycles. The van der Waals surface area contributed by atoms with E-state index >= 15 is 0 Å². The summed E-state index contributed by atoms with van der Waals surface area (Å²) < 4.78 is 7.75. The van der Waals surface area contributed by atoms with Crippen LogP contribution in [0.2, 0.25) is 0 Å².